The number of aliphatic carboxylic acids is 1. The van der Waals surface area contributed by atoms with Crippen molar-refractivity contribution in [3.8, 4) is 11.8 Å². The minimum Gasteiger partial charge on any atom is -0.480 e. The highest BCUT2D eigenvalue weighted by atomic mass is 16.6. The lowest BCUT2D eigenvalue weighted by Crippen LogP contribution is -2.45. The van der Waals surface area contributed by atoms with Gasteiger partial charge in [0.15, 0.2) is 6.29 Å². The molecule has 1 atom stereocenters. The summed E-state index contributed by atoms with van der Waals surface area (Å²) in [5.41, 5.74) is 0.199. The van der Waals surface area contributed by atoms with Gasteiger partial charge in [0.2, 0.25) is 0 Å². The Morgan fingerprint density at radius 1 is 1.33 bits per heavy atom. The van der Waals surface area contributed by atoms with Crippen LogP contribution in [0.5, 0.6) is 0 Å². The predicted octanol–water partition coefficient (Wildman–Crippen LogP) is 2.56. The van der Waals surface area contributed by atoms with Crippen molar-refractivity contribution in [2.75, 3.05) is 6.54 Å². The van der Waals surface area contributed by atoms with Crippen molar-refractivity contribution >= 4 is 18.3 Å². The number of hydrogen-bond acceptors (Lipinski definition) is 4. The third-order valence-corrected chi connectivity index (χ3v) is 3.01. The zero-order valence-electron chi connectivity index (χ0n) is 14.2. The molecule has 1 rings (SSSR count). The molecular formula is C18H21NO5. The lowest BCUT2D eigenvalue weighted by Gasteiger charge is -2.28. The second-order valence-corrected chi connectivity index (χ2v) is 6.13. The molecule has 0 bridgehead atoms. The molecule has 6 heteroatoms. The van der Waals surface area contributed by atoms with E-state index in [4.69, 9.17) is 9.84 Å². The van der Waals surface area contributed by atoms with Crippen molar-refractivity contribution in [2.24, 2.45) is 0 Å². The summed E-state index contributed by atoms with van der Waals surface area (Å²) >= 11 is 0. The van der Waals surface area contributed by atoms with Crippen molar-refractivity contribution in [1.29, 1.82) is 0 Å². The van der Waals surface area contributed by atoms with Crippen LogP contribution in [0.3, 0.4) is 0 Å². The van der Waals surface area contributed by atoms with Crippen LogP contribution >= 0.6 is 0 Å². The summed E-state index contributed by atoms with van der Waals surface area (Å²) in [6.07, 6.45) is -0.0643. The van der Waals surface area contributed by atoms with E-state index in [0.717, 1.165) is 4.90 Å². The Balaban J connectivity index is 2.98. The quantitative estimate of drug-likeness (QED) is 0.677. The molecule has 0 aliphatic rings. The first-order valence-corrected chi connectivity index (χ1v) is 7.41. The minimum atomic E-state index is -1.16. The van der Waals surface area contributed by atoms with Gasteiger partial charge >= 0.3 is 12.1 Å². The number of amides is 1. The van der Waals surface area contributed by atoms with Crippen molar-refractivity contribution in [3.63, 3.8) is 0 Å². The standard InChI is InChI=1S/C18H21NO5/c1-13(16(21)22)19(17(23)24-18(2,3)4)11-7-10-14-8-5-6-9-15(14)12-20/h5-6,8-9,12-13H,11H2,1-4H3,(H,21,22)/t13-/m0/s1. The molecular weight excluding hydrogens is 310 g/mol. The molecule has 1 aromatic carbocycles. The second-order valence-electron chi connectivity index (χ2n) is 6.13. The molecule has 1 aromatic rings. The number of nitrogens with zero attached hydrogens (tertiary/aromatic N) is 1. The molecule has 6 nitrogen and oxygen atoms in total. The van der Waals surface area contributed by atoms with Gasteiger partial charge in [-0.25, -0.2) is 9.59 Å². The molecule has 0 saturated carbocycles. The average Bonchev–Trinajstić information content (AvgIpc) is 2.49. The summed E-state index contributed by atoms with van der Waals surface area (Å²) < 4.78 is 5.22. The number of carboxylic acid groups (broad SMARTS) is 1. The Morgan fingerprint density at radius 3 is 2.50 bits per heavy atom. The maximum atomic E-state index is 12.2. The zero-order chi connectivity index (χ0) is 18.3. The van der Waals surface area contributed by atoms with Crippen molar-refractivity contribution < 1.29 is 24.2 Å². The SMILES string of the molecule is C[C@@H](C(=O)O)N(CC#Cc1ccccc1C=O)C(=O)OC(C)(C)C. The van der Waals surface area contributed by atoms with Gasteiger partial charge in [0, 0.05) is 11.1 Å². The molecule has 1 amide bonds. The fraction of sp³-hybridized carbons (Fsp3) is 0.389. The highest BCUT2D eigenvalue weighted by Gasteiger charge is 2.29. The predicted molar refractivity (Wildman–Crippen MR) is 88.7 cm³/mol. The first-order valence-electron chi connectivity index (χ1n) is 7.41. The maximum absolute atomic E-state index is 12.2. The average molecular weight is 331 g/mol. The number of aldehydes is 1. The van der Waals surface area contributed by atoms with E-state index in [1.54, 1.807) is 45.0 Å². The van der Waals surface area contributed by atoms with E-state index in [1.165, 1.54) is 6.92 Å². The summed E-state index contributed by atoms with van der Waals surface area (Å²) in [5, 5.41) is 9.15. The number of benzene rings is 1. The van der Waals surface area contributed by atoms with Gasteiger partial charge in [0.25, 0.3) is 0 Å². The highest BCUT2D eigenvalue weighted by Crippen LogP contribution is 2.12. The van der Waals surface area contributed by atoms with Gasteiger partial charge in [-0.05, 0) is 33.8 Å². The topological polar surface area (TPSA) is 83.9 Å². The van der Waals surface area contributed by atoms with E-state index in [0.29, 0.717) is 17.4 Å². The molecule has 0 aliphatic heterocycles. The van der Waals surface area contributed by atoms with E-state index >= 15 is 0 Å². The minimum absolute atomic E-state index is 0.129. The molecule has 0 heterocycles. The lowest BCUT2D eigenvalue weighted by molar-refractivity contribution is -0.142. The summed E-state index contributed by atoms with van der Waals surface area (Å²) in [7, 11) is 0. The van der Waals surface area contributed by atoms with E-state index in [2.05, 4.69) is 11.8 Å². The smallest absolute Gasteiger partial charge is 0.411 e. The molecule has 0 saturated heterocycles. The van der Waals surface area contributed by atoms with Crippen LogP contribution in [0.4, 0.5) is 4.79 Å². The molecule has 24 heavy (non-hydrogen) atoms. The monoisotopic (exact) mass is 331 g/mol. The summed E-state index contributed by atoms with van der Waals surface area (Å²) in [6.45, 7) is 6.34. The van der Waals surface area contributed by atoms with Crippen LogP contribution in [0, 0.1) is 11.8 Å². The Morgan fingerprint density at radius 2 is 1.96 bits per heavy atom. The van der Waals surface area contributed by atoms with Gasteiger partial charge in [0.05, 0.1) is 6.54 Å². The van der Waals surface area contributed by atoms with Gasteiger partial charge < -0.3 is 9.84 Å². The van der Waals surface area contributed by atoms with Crippen LogP contribution in [-0.4, -0.2) is 46.5 Å². The van der Waals surface area contributed by atoms with Crippen LogP contribution in [0.25, 0.3) is 0 Å². The lowest BCUT2D eigenvalue weighted by atomic mass is 10.1. The molecule has 0 spiro atoms. The van der Waals surface area contributed by atoms with Gasteiger partial charge in [-0.1, -0.05) is 30.0 Å². The van der Waals surface area contributed by atoms with Crippen LogP contribution in [-0.2, 0) is 9.53 Å². The summed E-state index contributed by atoms with van der Waals surface area (Å²) in [4.78, 5) is 35.4. The van der Waals surface area contributed by atoms with Gasteiger partial charge in [-0.15, -0.1) is 0 Å². The third kappa shape index (κ3) is 5.76. The fourth-order valence-corrected chi connectivity index (χ4v) is 1.75. The van der Waals surface area contributed by atoms with Crippen LogP contribution in [0.2, 0.25) is 0 Å². The number of ether oxygens (including phenoxy) is 1. The fourth-order valence-electron chi connectivity index (χ4n) is 1.75. The van der Waals surface area contributed by atoms with Crippen molar-refractivity contribution in [3.05, 3.63) is 35.4 Å². The van der Waals surface area contributed by atoms with Crippen LogP contribution < -0.4 is 0 Å². The van der Waals surface area contributed by atoms with E-state index in [9.17, 15) is 14.4 Å². The second kappa shape index (κ2) is 8.16. The Bertz CT molecular complexity index is 679. The van der Waals surface area contributed by atoms with Crippen molar-refractivity contribution in [2.45, 2.75) is 39.3 Å². The van der Waals surface area contributed by atoms with Gasteiger partial charge in [-0.2, -0.15) is 0 Å². The Hall–Kier alpha value is -2.81. The number of carboxylic acids is 1. The van der Waals surface area contributed by atoms with E-state index in [-0.39, 0.29) is 6.54 Å². The largest absolute Gasteiger partial charge is 0.480 e. The van der Waals surface area contributed by atoms with Crippen molar-refractivity contribution in [1.82, 2.24) is 4.90 Å². The van der Waals surface area contributed by atoms with E-state index < -0.39 is 23.7 Å². The number of carbonyl (C=O) groups is 3. The van der Waals surface area contributed by atoms with Gasteiger partial charge in [0.1, 0.15) is 11.6 Å². The highest BCUT2D eigenvalue weighted by molar-refractivity contribution is 5.80. The first kappa shape index (κ1) is 19.2. The number of hydrogen-bond donors (Lipinski definition) is 1. The zero-order valence-corrected chi connectivity index (χ0v) is 14.2. The van der Waals surface area contributed by atoms with Crippen LogP contribution in [0.15, 0.2) is 24.3 Å². The normalized spacial score (nSPS) is 11.7. The Labute approximate surface area is 141 Å². The molecule has 0 aromatic heterocycles. The molecule has 128 valence electrons. The molecule has 0 radical (unpaired) electrons. The molecule has 0 aliphatic carbocycles. The number of rotatable bonds is 4. The Kier molecular flexibility index (Phi) is 6.54. The summed E-state index contributed by atoms with van der Waals surface area (Å²) in [6, 6.07) is 5.67. The number of carbonyl (C=O) groups excluding carboxylic acids is 2. The molecule has 0 fully saturated rings. The molecule has 1 N–H and O–H groups in total. The maximum Gasteiger partial charge on any atom is 0.411 e. The first-order chi connectivity index (χ1) is 11.2. The van der Waals surface area contributed by atoms with E-state index in [1.807, 2.05) is 0 Å². The summed E-state index contributed by atoms with van der Waals surface area (Å²) in [5.74, 6) is 4.36. The third-order valence-electron chi connectivity index (χ3n) is 3.01. The van der Waals surface area contributed by atoms with Crippen LogP contribution in [0.1, 0.15) is 43.6 Å². The van der Waals surface area contributed by atoms with Gasteiger partial charge in [-0.3, -0.25) is 9.69 Å². The molecule has 0 unspecified atom stereocenters.